The highest BCUT2D eigenvalue weighted by molar-refractivity contribution is 8.00. The standard InChI is InChI=1S/C7H13NO5S2/c1-13-2-3-15(11,12)8-5-14-4-6(8)7(9)10/h6H,2-5H2,1H3,(H,9,10). The molecule has 1 fully saturated rings. The zero-order valence-electron chi connectivity index (χ0n) is 8.25. The maximum absolute atomic E-state index is 11.7. The lowest BCUT2D eigenvalue weighted by molar-refractivity contribution is -0.140. The van der Waals surface area contributed by atoms with Gasteiger partial charge in [-0.25, -0.2) is 8.42 Å². The molecule has 0 aromatic rings. The first-order valence-electron chi connectivity index (χ1n) is 4.28. The average Bonchev–Trinajstić information content (AvgIpc) is 2.63. The van der Waals surface area contributed by atoms with E-state index in [2.05, 4.69) is 4.74 Å². The van der Waals surface area contributed by atoms with Crippen LogP contribution < -0.4 is 0 Å². The van der Waals surface area contributed by atoms with E-state index in [0.717, 1.165) is 4.31 Å². The minimum atomic E-state index is -3.51. The third-order valence-electron chi connectivity index (χ3n) is 2.03. The predicted molar refractivity (Wildman–Crippen MR) is 56.3 cm³/mol. The summed E-state index contributed by atoms with van der Waals surface area (Å²) >= 11 is 1.30. The van der Waals surface area contributed by atoms with Crippen molar-refractivity contribution in [2.45, 2.75) is 6.04 Å². The molecule has 1 N–H and O–H groups in total. The molecule has 0 spiro atoms. The number of sulfonamides is 1. The summed E-state index contributed by atoms with van der Waals surface area (Å²) in [6, 6.07) is -0.933. The smallest absolute Gasteiger partial charge is 0.322 e. The molecule has 0 aromatic heterocycles. The fraction of sp³-hybridized carbons (Fsp3) is 0.857. The summed E-state index contributed by atoms with van der Waals surface area (Å²) in [4.78, 5) is 10.8. The zero-order valence-corrected chi connectivity index (χ0v) is 9.88. The molecule has 1 rings (SSSR count). The van der Waals surface area contributed by atoms with Crippen LogP contribution >= 0.6 is 11.8 Å². The molecule has 0 aliphatic carbocycles. The van der Waals surface area contributed by atoms with Crippen LogP contribution in [0.15, 0.2) is 0 Å². The number of hydrogen-bond donors (Lipinski definition) is 1. The van der Waals surface area contributed by atoms with Gasteiger partial charge in [0.25, 0.3) is 0 Å². The van der Waals surface area contributed by atoms with E-state index in [4.69, 9.17) is 5.11 Å². The van der Waals surface area contributed by atoms with E-state index in [1.165, 1.54) is 18.9 Å². The van der Waals surface area contributed by atoms with E-state index in [9.17, 15) is 13.2 Å². The summed E-state index contributed by atoms with van der Waals surface area (Å²) in [5.74, 6) is -0.751. The van der Waals surface area contributed by atoms with Crippen LogP contribution in [-0.4, -0.2) is 60.9 Å². The van der Waals surface area contributed by atoms with Crippen molar-refractivity contribution >= 4 is 27.8 Å². The molecule has 0 radical (unpaired) electrons. The molecule has 8 heteroatoms. The quantitative estimate of drug-likeness (QED) is 0.707. The number of ether oxygens (including phenoxy) is 1. The number of aliphatic carboxylic acids is 1. The molecule has 1 unspecified atom stereocenters. The lowest BCUT2D eigenvalue weighted by Crippen LogP contribution is -2.43. The molecule has 0 bridgehead atoms. The number of nitrogens with zero attached hydrogens (tertiary/aromatic N) is 1. The van der Waals surface area contributed by atoms with Gasteiger partial charge in [-0.3, -0.25) is 4.79 Å². The van der Waals surface area contributed by atoms with Gasteiger partial charge in [0.2, 0.25) is 10.0 Å². The van der Waals surface area contributed by atoms with Crippen molar-refractivity contribution in [3.8, 4) is 0 Å². The molecule has 6 nitrogen and oxygen atoms in total. The Bertz CT molecular complexity index is 328. The number of rotatable bonds is 5. The maximum Gasteiger partial charge on any atom is 0.322 e. The number of carboxylic acids is 1. The van der Waals surface area contributed by atoms with Crippen molar-refractivity contribution < 1.29 is 23.1 Å². The first-order chi connectivity index (χ1) is 6.99. The number of carboxylic acid groups (broad SMARTS) is 1. The molecule has 88 valence electrons. The molecule has 1 heterocycles. The van der Waals surface area contributed by atoms with Gasteiger partial charge in [0.05, 0.1) is 18.2 Å². The van der Waals surface area contributed by atoms with E-state index >= 15 is 0 Å². The third kappa shape index (κ3) is 3.07. The largest absolute Gasteiger partial charge is 0.480 e. The van der Waals surface area contributed by atoms with Crippen molar-refractivity contribution in [2.75, 3.05) is 31.1 Å². The highest BCUT2D eigenvalue weighted by atomic mass is 32.2. The molecule has 1 atom stereocenters. The molecule has 1 aliphatic heterocycles. The summed E-state index contributed by atoms with van der Waals surface area (Å²) in [5, 5.41) is 8.82. The molecule has 0 aromatic carbocycles. The molecule has 1 aliphatic rings. The minimum absolute atomic E-state index is 0.0792. The third-order valence-corrected chi connectivity index (χ3v) is 4.99. The number of hydrogen-bond acceptors (Lipinski definition) is 5. The van der Waals surface area contributed by atoms with E-state index in [0.29, 0.717) is 5.75 Å². The van der Waals surface area contributed by atoms with Crippen LogP contribution in [0.5, 0.6) is 0 Å². The fourth-order valence-electron chi connectivity index (χ4n) is 1.20. The van der Waals surface area contributed by atoms with Gasteiger partial charge < -0.3 is 9.84 Å². The molecule has 0 amide bonds. The second-order valence-corrected chi connectivity index (χ2v) is 6.09. The van der Waals surface area contributed by atoms with Gasteiger partial charge in [0.1, 0.15) is 6.04 Å². The van der Waals surface area contributed by atoms with Crippen LogP contribution in [0.2, 0.25) is 0 Å². The summed E-state index contributed by atoms with van der Waals surface area (Å²) in [7, 11) is -2.10. The highest BCUT2D eigenvalue weighted by Gasteiger charge is 2.38. The van der Waals surface area contributed by atoms with Crippen LogP contribution in [0, 0.1) is 0 Å². The van der Waals surface area contributed by atoms with E-state index in [-0.39, 0.29) is 18.2 Å². The van der Waals surface area contributed by atoms with Gasteiger partial charge in [0.15, 0.2) is 0 Å². The van der Waals surface area contributed by atoms with Gasteiger partial charge in [0, 0.05) is 12.9 Å². The van der Waals surface area contributed by atoms with Crippen LogP contribution in [0.1, 0.15) is 0 Å². The SMILES string of the molecule is COCCS(=O)(=O)N1CSCC1C(=O)O. The van der Waals surface area contributed by atoms with Gasteiger partial charge in [-0.2, -0.15) is 4.31 Å². The van der Waals surface area contributed by atoms with Crippen molar-refractivity contribution in [2.24, 2.45) is 0 Å². The Balaban J connectivity index is 2.73. The van der Waals surface area contributed by atoms with Crippen molar-refractivity contribution in [3.63, 3.8) is 0 Å². The average molecular weight is 255 g/mol. The van der Waals surface area contributed by atoms with Gasteiger partial charge in [-0.05, 0) is 0 Å². The number of methoxy groups -OCH3 is 1. The summed E-state index contributed by atoms with van der Waals surface area (Å²) in [6.45, 7) is 0.0792. The normalized spacial score (nSPS) is 23.1. The zero-order chi connectivity index (χ0) is 11.5. The predicted octanol–water partition coefficient (Wildman–Crippen LogP) is -0.578. The Hall–Kier alpha value is -0.310. The van der Waals surface area contributed by atoms with Crippen LogP contribution in [0.4, 0.5) is 0 Å². The maximum atomic E-state index is 11.7. The summed E-state index contributed by atoms with van der Waals surface area (Å²) in [6.07, 6.45) is 0. The molecule has 1 saturated heterocycles. The van der Waals surface area contributed by atoms with E-state index < -0.39 is 22.0 Å². The summed E-state index contributed by atoms with van der Waals surface area (Å²) in [5.41, 5.74) is 0. The molecular formula is C7H13NO5S2. The lowest BCUT2D eigenvalue weighted by atomic mass is 10.4. The van der Waals surface area contributed by atoms with Crippen molar-refractivity contribution in [1.82, 2.24) is 4.31 Å². The first-order valence-corrected chi connectivity index (χ1v) is 7.04. The van der Waals surface area contributed by atoms with Gasteiger partial charge >= 0.3 is 5.97 Å². The van der Waals surface area contributed by atoms with Crippen LogP contribution in [0.3, 0.4) is 0 Å². The Morgan fingerprint density at radius 1 is 1.67 bits per heavy atom. The monoisotopic (exact) mass is 255 g/mol. The molecular weight excluding hydrogens is 242 g/mol. The summed E-state index contributed by atoms with van der Waals surface area (Å²) < 4.78 is 29.1. The van der Waals surface area contributed by atoms with Crippen molar-refractivity contribution in [3.05, 3.63) is 0 Å². The van der Waals surface area contributed by atoms with E-state index in [1.807, 2.05) is 0 Å². The van der Waals surface area contributed by atoms with E-state index in [1.54, 1.807) is 0 Å². The lowest BCUT2D eigenvalue weighted by Gasteiger charge is -2.19. The van der Waals surface area contributed by atoms with Crippen LogP contribution in [0.25, 0.3) is 0 Å². The van der Waals surface area contributed by atoms with Gasteiger partial charge in [-0.15, -0.1) is 11.8 Å². The first kappa shape index (κ1) is 12.8. The number of carbonyl (C=O) groups is 1. The Kier molecular flexibility index (Phi) is 4.38. The Morgan fingerprint density at radius 3 is 2.87 bits per heavy atom. The van der Waals surface area contributed by atoms with Crippen LogP contribution in [-0.2, 0) is 19.6 Å². The van der Waals surface area contributed by atoms with Gasteiger partial charge in [-0.1, -0.05) is 0 Å². The topological polar surface area (TPSA) is 83.9 Å². The molecule has 15 heavy (non-hydrogen) atoms. The Morgan fingerprint density at radius 2 is 2.33 bits per heavy atom. The second-order valence-electron chi connectivity index (χ2n) is 3.05. The minimum Gasteiger partial charge on any atom is -0.480 e. The second kappa shape index (κ2) is 5.15. The highest BCUT2D eigenvalue weighted by Crippen LogP contribution is 2.24. The molecule has 0 saturated carbocycles. The fourth-order valence-corrected chi connectivity index (χ4v) is 4.34. The Labute approximate surface area is 92.6 Å². The number of thioether (sulfide) groups is 1. The van der Waals surface area contributed by atoms with Crippen molar-refractivity contribution in [1.29, 1.82) is 0 Å².